The smallest absolute Gasteiger partial charge is 0.338 e. The molecule has 1 atom stereocenters. The number of carbonyl (C=O) groups is 1. The second-order valence-corrected chi connectivity index (χ2v) is 5.50. The fourth-order valence-electron chi connectivity index (χ4n) is 1.63. The summed E-state index contributed by atoms with van der Waals surface area (Å²) >= 11 is 0. The third kappa shape index (κ3) is 4.15. The minimum absolute atomic E-state index is 0.0891. The summed E-state index contributed by atoms with van der Waals surface area (Å²) in [4.78, 5) is 11.8. The van der Waals surface area contributed by atoms with E-state index in [2.05, 4.69) is 20.8 Å². The second-order valence-electron chi connectivity index (χ2n) is 5.50. The Morgan fingerprint density at radius 3 is 2.22 bits per heavy atom. The number of hydrogen-bond donors (Lipinski definition) is 0. The Balaban J connectivity index is 2.71. The quantitative estimate of drug-likeness (QED) is 0.770. The predicted molar refractivity (Wildman–Crippen MR) is 71.9 cm³/mol. The average Bonchev–Trinajstić information content (AvgIpc) is 2.28. The van der Waals surface area contributed by atoms with Gasteiger partial charge < -0.3 is 9.47 Å². The lowest BCUT2D eigenvalue weighted by Crippen LogP contribution is -2.20. The van der Waals surface area contributed by atoms with E-state index >= 15 is 0 Å². The van der Waals surface area contributed by atoms with Crippen LogP contribution in [-0.4, -0.2) is 25.8 Å². The van der Waals surface area contributed by atoms with Crippen LogP contribution in [0.5, 0.6) is 0 Å². The van der Waals surface area contributed by atoms with Gasteiger partial charge in [-0.3, -0.25) is 0 Å². The molecule has 0 bridgehead atoms. The maximum atomic E-state index is 11.8. The van der Waals surface area contributed by atoms with E-state index in [0.29, 0.717) is 12.2 Å². The molecule has 0 fully saturated rings. The van der Waals surface area contributed by atoms with Crippen molar-refractivity contribution in [1.29, 1.82) is 0 Å². The number of ether oxygens (including phenoxy) is 2. The predicted octanol–water partition coefficient (Wildman–Crippen LogP) is 3.18. The maximum absolute atomic E-state index is 11.8. The normalized spacial score (nSPS) is 13.2. The molecule has 18 heavy (non-hydrogen) atoms. The van der Waals surface area contributed by atoms with E-state index in [1.807, 2.05) is 31.2 Å². The van der Waals surface area contributed by atoms with Gasteiger partial charge in [0.15, 0.2) is 0 Å². The third-order valence-corrected chi connectivity index (χ3v) is 2.70. The number of benzene rings is 1. The molecule has 1 rings (SSSR count). The standard InChI is InChI=1S/C15H22O3/c1-11(10-17-5)18-14(16)12-6-8-13(9-7-12)15(2,3)4/h6-9,11H,10H2,1-5H3. The summed E-state index contributed by atoms with van der Waals surface area (Å²) in [5.41, 5.74) is 1.86. The van der Waals surface area contributed by atoms with Crippen molar-refractivity contribution in [3.63, 3.8) is 0 Å². The molecule has 3 nitrogen and oxygen atoms in total. The Morgan fingerprint density at radius 2 is 1.78 bits per heavy atom. The molecule has 1 unspecified atom stereocenters. The monoisotopic (exact) mass is 250 g/mol. The zero-order valence-electron chi connectivity index (χ0n) is 11.8. The van der Waals surface area contributed by atoms with E-state index < -0.39 is 0 Å². The molecule has 0 saturated carbocycles. The molecule has 0 radical (unpaired) electrons. The molecule has 0 aliphatic carbocycles. The fourth-order valence-corrected chi connectivity index (χ4v) is 1.63. The van der Waals surface area contributed by atoms with E-state index in [-0.39, 0.29) is 17.5 Å². The molecule has 0 aromatic heterocycles. The van der Waals surface area contributed by atoms with Crippen molar-refractivity contribution in [2.45, 2.75) is 39.2 Å². The second kappa shape index (κ2) is 6.01. The summed E-state index contributed by atoms with van der Waals surface area (Å²) in [6.07, 6.45) is -0.232. The van der Waals surface area contributed by atoms with Crippen molar-refractivity contribution in [3.8, 4) is 0 Å². The van der Waals surface area contributed by atoms with Gasteiger partial charge in [-0.25, -0.2) is 4.79 Å². The Kier molecular flexibility index (Phi) is 4.91. The number of rotatable bonds is 4. The number of carbonyl (C=O) groups excluding carboxylic acids is 1. The van der Waals surface area contributed by atoms with Crippen LogP contribution in [0.15, 0.2) is 24.3 Å². The van der Waals surface area contributed by atoms with Crippen molar-refractivity contribution in [2.24, 2.45) is 0 Å². The average molecular weight is 250 g/mol. The highest BCUT2D eigenvalue weighted by molar-refractivity contribution is 5.89. The highest BCUT2D eigenvalue weighted by atomic mass is 16.6. The molecular formula is C15H22O3. The molecule has 1 aromatic rings. The lowest BCUT2D eigenvalue weighted by molar-refractivity contribution is 0.0120. The number of esters is 1. The molecular weight excluding hydrogens is 228 g/mol. The molecule has 0 saturated heterocycles. The van der Waals surface area contributed by atoms with Gasteiger partial charge in [-0.05, 0) is 30.0 Å². The van der Waals surface area contributed by atoms with Crippen LogP contribution in [-0.2, 0) is 14.9 Å². The summed E-state index contributed by atoms with van der Waals surface area (Å²) in [7, 11) is 1.59. The van der Waals surface area contributed by atoms with Gasteiger partial charge in [0.2, 0.25) is 0 Å². The molecule has 0 heterocycles. The highest BCUT2D eigenvalue weighted by Crippen LogP contribution is 2.22. The first-order valence-electron chi connectivity index (χ1n) is 6.15. The van der Waals surface area contributed by atoms with E-state index in [0.717, 1.165) is 0 Å². The molecule has 0 N–H and O–H groups in total. The van der Waals surface area contributed by atoms with Crippen LogP contribution < -0.4 is 0 Å². The molecule has 0 spiro atoms. The molecule has 0 aliphatic heterocycles. The summed E-state index contributed by atoms with van der Waals surface area (Å²) in [5.74, 6) is -0.306. The van der Waals surface area contributed by atoms with Crippen LogP contribution >= 0.6 is 0 Å². The van der Waals surface area contributed by atoms with E-state index in [4.69, 9.17) is 9.47 Å². The minimum atomic E-state index is -0.306. The van der Waals surface area contributed by atoms with Gasteiger partial charge in [-0.1, -0.05) is 32.9 Å². The first-order chi connectivity index (χ1) is 8.34. The van der Waals surface area contributed by atoms with Crippen molar-refractivity contribution in [1.82, 2.24) is 0 Å². The zero-order chi connectivity index (χ0) is 13.8. The van der Waals surface area contributed by atoms with Crippen LogP contribution in [0, 0.1) is 0 Å². The van der Waals surface area contributed by atoms with Crippen LogP contribution in [0.1, 0.15) is 43.6 Å². The molecule has 0 aliphatic rings. The molecule has 3 heteroatoms. The van der Waals surface area contributed by atoms with Gasteiger partial charge in [-0.2, -0.15) is 0 Å². The third-order valence-electron chi connectivity index (χ3n) is 2.70. The lowest BCUT2D eigenvalue weighted by Gasteiger charge is -2.19. The van der Waals surface area contributed by atoms with Gasteiger partial charge in [0.05, 0.1) is 12.2 Å². The van der Waals surface area contributed by atoms with Crippen molar-refractivity contribution in [3.05, 3.63) is 35.4 Å². The Bertz CT molecular complexity index is 387. The first kappa shape index (κ1) is 14.7. The van der Waals surface area contributed by atoms with Crippen LogP contribution in [0.3, 0.4) is 0 Å². The maximum Gasteiger partial charge on any atom is 0.338 e. The van der Waals surface area contributed by atoms with Crippen molar-refractivity contribution >= 4 is 5.97 Å². The fraction of sp³-hybridized carbons (Fsp3) is 0.533. The Hall–Kier alpha value is -1.35. The molecule has 100 valence electrons. The SMILES string of the molecule is COCC(C)OC(=O)c1ccc(C(C)(C)C)cc1. The first-order valence-corrected chi connectivity index (χ1v) is 6.15. The van der Waals surface area contributed by atoms with Gasteiger partial charge in [0.25, 0.3) is 0 Å². The molecule has 1 aromatic carbocycles. The number of methoxy groups -OCH3 is 1. The van der Waals surface area contributed by atoms with Gasteiger partial charge in [-0.15, -0.1) is 0 Å². The van der Waals surface area contributed by atoms with Gasteiger partial charge >= 0.3 is 5.97 Å². The van der Waals surface area contributed by atoms with Crippen LogP contribution in [0.4, 0.5) is 0 Å². The lowest BCUT2D eigenvalue weighted by atomic mass is 9.87. The topological polar surface area (TPSA) is 35.5 Å². The van der Waals surface area contributed by atoms with Crippen molar-refractivity contribution in [2.75, 3.05) is 13.7 Å². The number of hydrogen-bond acceptors (Lipinski definition) is 3. The molecule has 0 amide bonds. The Morgan fingerprint density at radius 1 is 1.22 bits per heavy atom. The highest BCUT2D eigenvalue weighted by Gasteiger charge is 2.15. The zero-order valence-corrected chi connectivity index (χ0v) is 11.8. The summed E-state index contributed by atoms with van der Waals surface area (Å²) in [6.45, 7) is 8.64. The summed E-state index contributed by atoms with van der Waals surface area (Å²) < 4.78 is 10.2. The Labute approximate surface area is 109 Å². The van der Waals surface area contributed by atoms with Gasteiger partial charge in [0.1, 0.15) is 6.10 Å². The van der Waals surface area contributed by atoms with E-state index in [1.165, 1.54) is 5.56 Å². The summed E-state index contributed by atoms with van der Waals surface area (Å²) in [5, 5.41) is 0. The van der Waals surface area contributed by atoms with Gasteiger partial charge in [0, 0.05) is 7.11 Å². The summed E-state index contributed by atoms with van der Waals surface area (Å²) in [6, 6.07) is 7.56. The van der Waals surface area contributed by atoms with E-state index in [1.54, 1.807) is 7.11 Å². The van der Waals surface area contributed by atoms with Crippen molar-refractivity contribution < 1.29 is 14.3 Å². The van der Waals surface area contributed by atoms with Crippen LogP contribution in [0.25, 0.3) is 0 Å². The van der Waals surface area contributed by atoms with Crippen LogP contribution in [0.2, 0.25) is 0 Å². The minimum Gasteiger partial charge on any atom is -0.457 e. The largest absolute Gasteiger partial charge is 0.457 e. The van der Waals surface area contributed by atoms with E-state index in [9.17, 15) is 4.79 Å².